The number of benzene rings is 1. The lowest BCUT2D eigenvalue weighted by Gasteiger charge is -2.19. The Labute approximate surface area is 141 Å². The molecule has 2 aromatic rings. The molecule has 2 rings (SSSR count). The molecule has 1 unspecified atom stereocenters. The van der Waals surface area contributed by atoms with Crippen molar-refractivity contribution < 1.29 is 0 Å². The van der Waals surface area contributed by atoms with Gasteiger partial charge in [0.2, 0.25) is 0 Å². The molecule has 0 saturated heterocycles. The summed E-state index contributed by atoms with van der Waals surface area (Å²) in [7, 11) is 0. The van der Waals surface area contributed by atoms with Crippen molar-refractivity contribution in [1.82, 2.24) is 10.3 Å². The first-order valence-electron chi connectivity index (χ1n) is 6.39. The molecular weight excluding hydrogens is 403 g/mol. The van der Waals surface area contributed by atoms with Crippen molar-refractivity contribution in [1.29, 1.82) is 0 Å². The Morgan fingerprint density at radius 3 is 2.60 bits per heavy atom. The summed E-state index contributed by atoms with van der Waals surface area (Å²) in [6.45, 7) is 2.97. The van der Waals surface area contributed by atoms with Crippen LogP contribution in [0.2, 0.25) is 5.02 Å². The van der Waals surface area contributed by atoms with E-state index in [4.69, 9.17) is 11.6 Å². The SMILES string of the molecule is CCNC(Cc1ccc(Br)cn1)c1cc(Br)ccc1Cl. The molecule has 0 aliphatic carbocycles. The summed E-state index contributed by atoms with van der Waals surface area (Å²) in [5.74, 6) is 0. The monoisotopic (exact) mass is 416 g/mol. The van der Waals surface area contributed by atoms with Gasteiger partial charge >= 0.3 is 0 Å². The van der Waals surface area contributed by atoms with Gasteiger partial charge in [-0.2, -0.15) is 0 Å². The van der Waals surface area contributed by atoms with Gasteiger partial charge in [-0.05, 0) is 58.4 Å². The quantitative estimate of drug-likeness (QED) is 0.726. The molecule has 1 atom stereocenters. The fourth-order valence-corrected chi connectivity index (χ4v) is 2.92. The summed E-state index contributed by atoms with van der Waals surface area (Å²) in [4.78, 5) is 4.44. The van der Waals surface area contributed by atoms with Crippen molar-refractivity contribution in [2.24, 2.45) is 0 Å². The predicted octanol–water partition coefficient (Wildman–Crippen LogP) is 5.15. The van der Waals surface area contributed by atoms with Crippen LogP contribution in [0.5, 0.6) is 0 Å². The van der Waals surface area contributed by atoms with E-state index in [2.05, 4.69) is 55.2 Å². The van der Waals surface area contributed by atoms with Crippen LogP contribution in [0.25, 0.3) is 0 Å². The van der Waals surface area contributed by atoms with Crippen LogP contribution in [0.4, 0.5) is 0 Å². The van der Waals surface area contributed by atoms with Gasteiger partial charge in [-0.3, -0.25) is 4.98 Å². The van der Waals surface area contributed by atoms with Crippen LogP contribution < -0.4 is 5.32 Å². The van der Waals surface area contributed by atoms with Crippen LogP contribution >= 0.6 is 43.5 Å². The van der Waals surface area contributed by atoms with Crippen molar-refractivity contribution in [3.05, 3.63) is 61.8 Å². The summed E-state index contributed by atoms with van der Waals surface area (Å²) < 4.78 is 2.02. The maximum atomic E-state index is 6.33. The summed E-state index contributed by atoms with van der Waals surface area (Å²) in [6, 6.07) is 10.1. The largest absolute Gasteiger partial charge is 0.310 e. The normalized spacial score (nSPS) is 12.4. The molecule has 0 radical (unpaired) electrons. The van der Waals surface area contributed by atoms with Gasteiger partial charge in [0.05, 0.1) is 0 Å². The zero-order valence-corrected chi connectivity index (χ0v) is 15.0. The number of aromatic nitrogens is 1. The molecule has 106 valence electrons. The summed E-state index contributed by atoms with van der Waals surface area (Å²) in [5, 5.41) is 4.25. The summed E-state index contributed by atoms with van der Waals surface area (Å²) in [5.41, 5.74) is 2.13. The Hall–Kier alpha value is -0.420. The van der Waals surface area contributed by atoms with E-state index in [1.165, 1.54) is 0 Å². The molecule has 0 saturated carbocycles. The minimum Gasteiger partial charge on any atom is -0.310 e. The van der Waals surface area contributed by atoms with Crippen LogP contribution in [0.3, 0.4) is 0 Å². The highest BCUT2D eigenvalue weighted by molar-refractivity contribution is 9.10. The van der Waals surface area contributed by atoms with Gasteiger partial charge in [0.25, 0.3) is 0 Å². The van der Waals surface area contributed by atoms with Crippen LogP contribution in [0.1, 0.15) is 24.2 Å². The smallest absolute Gasteiger partial charge is 0.0454 e. The van der Waals surface area contributed by atoms with Gasteiger partial charge in [-0.1, -0.05) is 34.5 Å². The van der Waals surface area contributed by atoms with E-state index in [-0.39, 0.29) is 6.04 Å². The van der Waals surface area contributed by atoms with Crippen molar-refractivity contribution in [3.63, 3.8) is 0 Å². The van der Waals surface area contributed by atoms with E-state index < -0.39 is 0 Å². The number of likely N-dealkylation sites (N-methyl/N-ethyl adjacent to an activating group) is 1. The third-order valence-corrected chi connectivity index (χ3v) is 4.29. The maximum absolute atomic E-state index is 6.33. The second kappa shape index (κ2) is 7.55. The third-order valence-electron chi connectivity index (χ3n) is 2.99. The van der Waals surface area contributed by atoms with Crippen molar-refractivity contribution in [2.45, 2.75) is 19.4 Å². The number of hydrogen-bond acceptors (Lipinski definition) is 2. The molecule has 0 bridgehead atoms. The predicted molar refractivity (Wildman–Crippen MR) is 91.2 cm³/mol. The van der Waals surface area contributed by atoms with E-state index in [1.54, 1.807) is 0 Å². The highest BCUT2D eigenvalue weighted by atomic mass is 79.9. The summed E-state index contributed by atoms with van der Waals surface area (Å²) >= 11 is 13.2. The Morgan fingerprint density at radius 2 is 1.95 bits per heavy atom. The Morgan fingerprint density at radius 1 is 1.20 bits per heavy atom. The van der Waals surface area contributed by atoms with Crippen molar-refractivity contribution in [2.75, 3.05) is 6.54 Å². The van der Waals surface area contributed by atoms with Crippen molar-refractivity contribution >= 4 is 43.5 Å². The first-order valence-corrected chi connectivity index (χ1v) is 8.35. The molecule has 0 amide bonds. The Balaban J connectivity index is 2.26. The maximum Gasteiger partial charge on any atom is 0.0454 e. The molecule has 0 fully saturated rings. The first-order chi connectivity index (χ1) is 9.60. The average Bonchev–Trinajstić information content (AvgIpc) is 2.43. The highest BCUT2D eigenvalue weighted by Crippen LogP contribution is 2.28. The lowest BCUT2D eigenvalue weighted by molar-refractivity contribution is 0.544. The van der Waals surface area contributed by atoms with E-state index in [9.17, 15) is 0 Å². The molecule has 5 heteroatoms. The fourth-order valence-electron chi connectivity index (χ4n) is 2.06. The molecular formula is C15H15Br2ClN2. The Kier molecular flexibility index (Phi) is 6.02. The van der Waals surface area contributed by atoms with Gasteiger partial charge in [-0.25, -0.2) is 0 Å². The number of hydrogen-bond donors (Lipinski definition) is 1. The van der Waals surface area contributed by atoms with E-state index in [1.807, 2.05) is 30.5 Å². The van der Waals surface area contributed by atoms with Crippen LogP contribution in [0, 0.1) is 0 Å². The van der Waals surface area contributed by atoms with Crippen LogP contribution in [-0.2, 0) is 6.42 Å². The second-order valence-electron chi connectivity index (χ2n) is 4.45. The van der Waals surface area contributed by atoms with Gasteiger partial charge in [-0.15, -0.1) is 0 Å². The molecule has 0 aliphatic heterocycles. The van der Waals surface area contributed by atoms with Crippen LogP contribution in [-0.4, -0.2) is 11.5 Å². The Bertz CT molecular complexity index is 573. The van der Waals surface area contributed by atoms with Gasteiger partial charge in [0, 0.05) is 38.3 Å². The van der Waals surface area contributed by atoms with E-state index >= 15 is 0 Å². The van der Waals surface area contributed by atoms with Crippen molar-refractivity contribution in [3.8, 4) is 0 Å². The second-order valence-corrected chi connectivity index (χ2v) is 6.69. The first kappa shape index (κ1) is 16.0. The minimum absolute atomic E-state index is 0.152. The molecule has 0 aliphatic rings. The minimum atomic E-state index is 0.152. The molecule has 2 nitrogen and oxygen atoms in total. The molecule has 20 heavy (non-hydrogen) atoms. The zero-order valence-electron chi connectivity index (χ0n) is 11.0. The van der Waals surface area contributed by atoms with E-state index in [0.29, 0.717) is 0 Å². The zero-order chi connectivity index (χ0) is 14.5. The molecule has 1 aromatic carbocycles. The standard InChI is InChI=1S/C15H15Br2ClN2/c1-2-19-15(8-12-5-3-11(17)9-20-12)13-7-10(16)4-6-14(13)18/h3-7,9,15,19H,2,8H2,1H3. The number of nitrogens with one attached hydrogen (secondary N) is 1. The molecule has 1 N–H and O–H groups in total. The van der Waals surface area contributed by atoms with Gasteiger partial charge < -0.3 is 5.32 Å². The lowest BCUT2D eigenvalue weighted by atomic mass is 10.0. The molecule has 1 heterocycles. The fraction of sp³-hybridized carbons (Fsp3) is 0.267. The summed E-state index contributed by atoms with van der Waals surface area (Å²) in [6.07, 6.45) is 2.62. The third kappa shape index (κ3) is 4.29. The lowest BCUT2D eigenvalue weighted by Crippen LogP contribution is -2.23. The molecule has 0 spiro atoms. The highest BCUT2D eigenvalue weighted by Gasteiger charge is 2.15. The van der Waals surface area contributed by atoms with Gasteiger partial charge in [0.1, 0.15) is 0 Å². The number of halogens is 3. The average molecular weight is 419 g/mol. The molecule has 1 aromatic heterocycles. The van der Waals surface area contributed by atoms with Gasteiger partial charge in [0.15, 0.2) is 0 Å². The number of rotatable bonds is 5. The number of nitrogens with zero attached hydrogens (tertiary/aromatic N) is 1. The van der Waals surface area contributed by atoms with Crippen LogP contribution in [0.15, 0.2) is 45.5 Å². The van der Waals surface area contributed by atoms with E-state index in [0.717, 1.165) is 38.2 Å². The topological polar surface area (TPSA) is 24.9 Å². The number of pyridine rings is 1.